The summed E-state index contributed by atoms with van der Waals surface area (Å²) in [5.74, 6) is 2.60. The second-order valence-corrected chi connectivity index (χ2v) is 9.44. The number of rotatable bonds is 7. The van der Waals surface area contributed by atoms with Crippen LogP contribution in [-0.2, 0) is 6.54 Å². The fraction of sp³-hybridized carbons (Fsp3) is 0.333. The Labute approximate surface area is 210 Å². The Morgan fingerprint density at radius 2 is 1.89 bits per heavy atom. The van der Waals surface area contributed by atoms with Crippen molar-refractivity contribution in [1.82, 2.24) is 15.0 Å². The first kappa shape index (κ1) is 23.6. The highest BCUT2D eigenvalue weighted by molar-refractivity contribution is 6.30. The minimum atomic E-state index is 0.194. The molecule has 3 heterocycles. The molecule has 5 rings (SSSR count). The van der Waals surface area contributed by atoms with Crippen LogP contribution in [0.5, 0.6) is 0 Å². The van der Waals surface area contributed by atoms with Crippen molar-refractivity contribution in [2.75, 3.05) is 49.5 Å². The number of nitrogens with one attached hydrogen (secondary N) is 1. The van der Waals surface area contributed by atoms with Gasteiger partial charge in [0.2, 0.25) is 0 Å². The van der Waals surface area contributed by atoms with Crippen LogP contribution in [-0.4, -0.2) is 59.5 Å². The molecule has 0 bridgehead atoms. The normalized spacial score (nSPS) is 14.6. The highest BCUT2D eigenvalue weighted by Crippen LogP contribution is 2.34. The number of aliphatic hydroxyl groups excluding tert-OH is 1. The third kappa shape index (κ3) is 5.12. The molecule has 2 aromatic heterocycles. The second kappa shape index (κ2) is 10.2. The summed E-state index contributed by atoms with van der Waals surface area (Å²) in [5, 5.41) is 19.8. The number of halogens is 1. The van der Waals surface area contributed by atoms with Crippen molar-refractivity contribution in [3.63, 3.8) is 0 Å². The van der Waals surface area contributed by atoms with Crippen LogP contribution in [0.1, 0.15) is 17.0 Å². The summed E-state index contributed by atoms with van der Waals surface area (Å²) in [5.41, 5.74) is 4.06. The lowest BCUT2D eigenvalue weighted by atomic mass is 10.0. The average Bonchev–Trinajstić information content (AvgIpc) is 3.20. The molecule has 2 N–H and O–H groups in total. The molecule has 0 aliphatic carbocycles. The number of aromatic nitrogens is 2. The zero-order chi connectivity index (χ0) is 24.4. The van der Waals surface area contributed by atoms with Gasteiger partial charge in [-0.3, -0.25) is 4.90 Å². The van der Waals surface area contributed by atoms with Crippen molar-refractivity contribution in [2.45, 2.75) is 20.4 Å². The minimum absolute atomic E-state index is 0.194. The van der Waals surface area contributed by atoms with E-state index >= 15 is 0 Å². The van der Waals surface area contributed by atoms with Crippen LogP contribution in [0.2, 0.25) is 5.02 Å². The van der Waals surface area contributed by atoms with Crippen LogP contribution in [0.25, 0.3) is 21.9 Å². The number of aliphatic hydroxyl groups is 1. The number of β-amino-alcohol motifs (C(OH)–C–C–N with tert-alkyl or cyclic N) is 1. The predicted octanol–water partition coefficient (Wildman–Crippen LogP) is 4.89. The van der Waals surface area contributed by atoms with Crippen LogP contribution >= 0.6 is 11.6 Å². The molecule has 0 amide bonds. The van der Waals surface area contributed by atoms with Gasteiger partial charge in [0, 0.05) is 55.2 Å². The Hall–Kier alpha value is -3.13. The van der Waals surface area contributed by atoms with E-state index in [0.29, 0.717) is 6.54 Å². The minimum Gasteiger partial charge on any atom is -0.395 e. The molecule has 7 nitrogen and oxygen atoms in total. The van der Waals surface area contributed by atoms with Gasteiger partial charge in [-0.05, 0) is 54.6 Å². The molecule has 2 aromatic carbocycles. The number of nitrogens with zero attached hydrogens (tertiary/aromatic N) is 4. The van der Waals surface area contributed by atoms with E-state index in [1.165, 1.54) is 0 Å². The second-order valence-electron chi connectivity index (χ2n) is 9.00. The van der Waals surface area contributed by atoms with E-state index in [1.54, 1.807) is 0 Å². The molecule has 0 spiro atoms. The van der Waals surface area contributed by atoms with Crippen molar-refractivity contribution in [3.05, 3.63) is 70.6 Å². The lowest BCUT2D eigenvalue weighted by Gasteiger charge is -2.35. The molecule has 182 valence electrons. The van der Waals surface area contributed by atoms with Gasteiger partial charge in [0.25, 0.3) is 0 Å². The molecule has 35 heavy (non-hydrogen) atoms. The monoisotopic (exact) mass is 491 g/mol. The maximum atomic E-state index is 9.26. The third-order valence-corrected chi connectivity index (χ3v) is 6.84. The fourth-order valence-electron chi connectivity index (χ4n) is 4.76. The van der Waals surface area contributed by atoms with E-state index in [2.05, 4.69) is 50.6 Å². The molecule has 1 aliphatic rings. The molecule has 8 heteroatoms. The number of anilines is 2. The Kier molecular flexibility index (Phi) is 6.90. The van der Waals surface area contributed by atoms with Gasteiger partial charge < -0.3 is 19.8 Å². The zero-order valence-electron chi connectivity index (χ0n) is 20.1. The smallest absolute Gasteiger partial charge is 0.141 e. The highest BCUT2D eigenvalue weighted by Gasteiger charge is 2.20. The Balaban J connectivity index is 1.51. The van der Waals surface area contributed by atoms with E-state index in [4.69, 9.17) is 21.1 Å². The quantitative estimate of drug-likeness (QED) is 0.381. The molecule has 0 atom stereocenters. The highest BCUT2D eigenvalue weighted by atomic mass is 35.5. The first-order chi connectivity index (χ1) is 17.0. The average molecular weight is 492 g/mol. The first-order valence-corrected chi connectivity index (χ1v) is 12.3. The Bertz CT molecular complexity index is 1310. The van der Waals surface area contributed by atoms with Gasteiger partial charge in [-0.1, -0.05) is 41.0 Å². The number of aryl methyl sites for hydroxylation is 2. The van der Waals surface area contributed by atoms with E-state index in [9.17, 15) is 5.11 Å². The van der Waals surface area contributed by atoms with Crippen molar-refractivity contribution < 1.29 is 9.63 Å². The van der Waals surface area contributed by atoms with Crippen molar-refractivity contribution in [2.24, 2.45) is 0 Å². The number of pyridine rings is 1. The van der Waals surface area contributed by atoms with Gasteiger partial charge in [0.1, 0.15) is 17.4 Å². The van der Waals surface area contributed by atoms with Gasteiger partial charge >= 0.3 is 0 Å². The summed E-state index contributed by atoms with van der Waals surface area (Å²) < 4.78 is 5.41. The Morgan fingerprint density at radius 1 is 1.06 bits per heavy atom. The van der Waals surface area contributed by atoms with Crippen LogP contribution in [0, 0.1) is 13.8 Å². The molecule has 4 aromatic rings. The number of piperazine rings is 1. The third-order valence-electron chi connectivity index (χ3n) is 6.60. The molecule has 0 radical (unpaired) electrons. The van der Waals surface area contributed by atoms with Crippen molar-refractivity contribution in [3.8, 4) is 11.1 Å². The molecule has 1 saturated heterocycles. The first-order valence-electron chi connectivity index (χ1n) is 12.0. The van der Waals surface area contributed by atoms with Gasteiger partial charge in [-0.2, -0.15) is 0 Å². The molecule has 0 unspecified atom stereocenters. The summed E-state index contributed by atoms with van der Waals surface area (Å²) in [6.45, 7) is 9.02. The topological polar surface area (TPSA) is 77.7 Å². The van der Waals surface area contributed by atoms with Crippen LogP contribution < -0.4 is 10.2 Å². The summed E-state index contributed by atoms with van der Waals surface area (Å²) in [6, 6.07) is 16.5. The number of benzene rings is 2. The summed E-state index contributed by atoms with van der Waals surface area (Å²) in [4.78, 5) is 9.68. The van der Waals surface area contributed by atoms with Gasteiger partial charge in [-0.15, -0.1) is 0 Å². The summed E-state index contributed by atoms with van der Waals surface area (Å²) in [7, 11) is 0. The number of hydrogen-bond donors (Lipinski definition) is 2. The summed E-state index contributed by atoms with van der Waals surface area (Å²) >= 11 is 6.21. The molecule has 1 aliphatic heterocycles. The van der Waals surface area contributed by atoms with Gasteiger partial charge in [0.15, 0.2) is 0 Å². The van der Waals surface area contributed by atoms with Crippen LogP contribution in [0.4, 0.5) is 11.6 Å². The van der Waals surface area contributed by atoms with Gasteiger partial charge in [0.05, 0.1) is 12.3 Å². The van der Waals surface area contributed by atoms with Crippen molar-refractivity contribution >= 4 is 34.0 Å². The maximum Gasteiger partial charge on any atom is 0.141 e. The van der Waals surface area contributed by atoms with Gasteiger partial charge in [-0.25, -0.2) is 4.98 Å². The molecule has 1 fully saturated rings. The lowest BCUT2D eigenvalue weighted by Crippen LogP contribution is -2.47. The SMILES string of the molecule is Cc1noc(C)c1-c1ccc2cc(N3CCN(CCO)CC3)nc(NCc3cccc(Cl)c3)c2c1. The number of hydrogen-bond acceptors (Lipinski definition) is 7. The lowest BCUT2D eigenvalue weighted by molar-refractivity contribution is 0.188. The largest absolute Gasteiger partial charge is 0.395 e. The predicted molar refractivity (Wildman–Crippen MR) is 141 cm³/mol. The van der Waals surface area contributed by atoms with E-state index in [1.807, 2.05) is 32.0 Å². The van der Waals surface area contributed by atoms with Crippen LogP contribution in [0.15, 0.2) is 53.1 Å². The molecular formula is C27H30ClN5O2. The fourth-order valence-corrected chi connectivity index (χ4v) is 4.97. The molecule has 0 saturated carbocycles. The zero-order valence-corrected chi connectivity index (χ0v) is 20.8. The maximum absolute atomic E-state index is 9.26. The van der Waals surface area contributed by atoms with E-state index in [-0.39, 0.29) is 6.61 Å². The number of fused-ring (bicyclic) bond motifs is 1. The molecular weight excluding hydrogens is 462 g/mol. The van der Waals surface area contributed by atoms with Crippen LogP contribution in [0.3, 0.4) is 0 Å². The summed E-state index contributed by atoms with van der Waals surface area (Å²) in [6.07, 6.45) is 0. The van der Waals surface area contributed by atoms with E-state index in [0.717, 1.165) is 88.3 Å². The van der Waals surface area contributed by atoms with Crippen molar-refractivity contribution in [1.29, 1.82) is 0 Å². The standard InChI is InChI=1S/C27H30ClN5O2/c1-18-26(19(2)35-31-18)22-7-6-21-16-25(33-10-8-32(9-11-33)12-13-34)30-27(24(21)15-22)29-17-20-4-3-5-23(28)14-20/h3-7,14-16,34H,8-13,17H2,1-2H3,(H,29,30). The van der Waals surface area contributed by atoms with E-state index < -0.39 is 0 Å². The Morgan fingerprint density at radius 3 is 2.60 bits per heavy atom.